The Hall–Kier alpha value is -2.41. The van der Waals surface area contributed by atoms with Crippen LogP contribution in [0.15, 0.2) is 30.3 Å². The highest BCUT2D eigenvalue weighted by Crippen LogP contribution is 2.47. The van der Waals surface area contributed by atoms with Crippen LogP contribution in [0.2, 0.25) is 0 Å². The summed E-state index contributed by atoms with van der Waals surface area (Å²) < 4.78 is 5.42. The minimum atomic E-state index is -1.05. The van der Waals surface area contributed by atoms with Gasteiger partial charge in [-0.2, -0.15) is 0 Å². The number of carbonyl (C=O) groups is 3. The fourth-order valence-electron chi connectivity index (χ4n) is 4.99. The molecule has 0 bridgehead atoms. The van der Waals surface area contributed by atoms with Gasteiger partial charge < -0.3 is 20.5 Å². The first-order valence-electron chi connectivity index (χ1n) is 12.6. The number of hydrogen-bond acceptors (Lipinski definition) is 5. The average Bonchev–Trinajstić information content (AvgIpc) is 3.47. The maximum absolute atomic E-state index is 13.1. The molecule has 0 spiro atoms. The smallest absolute Gasteiger partial charge is 0.407 e. The van der Waals surface area contributed by atoms with E-state index in [9.17, 15) is 19.5 Å². The third kappa shape index (κ3) is 6.81. The molecule has 0 saturated heterocycles. The largest absolute Gasteiger partial charge is 0.449 e. The number of hydrogen-bond donors (Lipinski definition) is 3. The van der Waals surface area contributed by atoms with Crippen molar-refractivity contribution in [3.63, 3.8) is 0 Å². The standard InChI is InChI=1S/C27H40N2O5/c1-17(2)15-20(28-26(33)34-16-18-11-7-5-8-12-18)25(32)29-27(3,4)24(31)22-21(23(22)30)19-13-9-6-10-14-19/h6,9-10,13-14,17-18,20-22,24,31H,5,7-8,11-12,15-16H2,1-4H3,(H,28,33)(H,29,32)/t20-,21?,22?,24?/m0/s1. The molecule has 2 saturated carbocycles. The van der Waals surface area contributed by atoms with Crippen molar-refractivity contribution < 1.29 is 24.2 Å². The van der Waals surface area contributed by atoms with Gasteiger partial charge in [0.2, 0.25) is 5.91 Å². The van der Waals surface area contributed by atoms with Gasteiger partial charge in [0.1, 0.15) is 11.8 Å². The number of Topliss-reactive ketones (excluding diaryl/α,β-unsaturated/α-hetero) is 1. The number of amides is 2. The van der Waals surface area contributed by atoms with Crippen molar-refractivity contribution in [1.29, 1.82) is 0 Å². The predicted octanol–water partition coefficient (Wildman–Crippen LogP) is 3.95. The highest BCUT2D eigenvalue weighted by Gasteiger charge is 2.57. The van der Waals surface area contributed by atoms with E-state index in [2.05, 4.69) is 10.6 Å². The van der Waals surface area contributed by atoms with E-state index in [0.29, 0.717) is 18.9 Å². The van der Waals surface area contributed by atoms with Gasteiger partial charge >= 0.3 is 6.09 Å². The van der Waals surface area contributed by atoms with Gasteiger partial charge in [-0.1, -0.05) is 63.4 Å². The molecular formula is C27H40N2O5. The van der Waals surface area contributed by atoms with Crippen molar-refractivity contribution in [2.24, 2.45) is 17.8 Å². The first-order valence-corrected chi connectivity index (χ1v) is 12.6. The number of rotatable bonds is 10. The normalized spacial score (nSPS) is 22.7. The third-order valence-electron chi connectivity index (χ3n) is 7.06. The Morgan fingerprint density at radius 3 is 2.38 bits per heavy atom. The van der Waals surface area contributed by atoms with Crippen LogP contribution in [0.1, 0.15) is 77.7 Å². The number of nitrogens with one attached hydrogen (secondary N) is 2. The molecule has 2 fully saturated rings. The number of aliphatic hydroxyl groups excluding tert-OH is 1. The summed E-state index contributed by atoms with van der Waals surface area (Å²) in [7, 11) is 0. The first-order chi connectivity index (χ1) is 16.1. The number of ether oxygens (including phenoxy) is 1. The van der Waals surface area contributed by atoms with Crippen molar-refractivity contribution in [3.8, 4) is 0 Å². The van der Waals surface area contributed by atoms with Crippen LogP contribution in [-0.4, -0.2) is 47.2 Å². The van der Waals surface area contributed by atoms with Crippen LogP contribution >= 0.6 is 0 Å². The summed E-state index contributed by atoms with van der Waals surface area (Å²) in [5, 5.41) is 16.6. The summed E-state index contributed by atoms with van der Waals surface area (Å²) in [5.41, 5.74) is -0.178. The zero-order chi connectivity index (χ0) is 24.9. The van der Waals surface area contributed by atoms with E-state index in [1.807, 2.05) is 44.2 Å². The molecule has 2 amide bonds. The summed E-state index contributed by atoms with van der Waals surface area (Å²) in [6.07, 6.45) is 4.50. The van der Waals surface area contributed by atoms with Crippen LogP contribution < -0.4 is 10.6 Å². The van der Waals surface area contributed by atoms with Crippen molar-refractivity contribution in [2.45, 2.75) is 89.8 Å². The molecule has 0 aliphatic heterocycles. The van der Waals surface area contributed by atoms with E-state index in [1.54, 1.807) is 13.8 Å². The Balaban J connectivity index is 1.57. The molecule has 7 heteroatoms. The van der Waals surface area contributed by atoms with Crippen molar-refractivity contribution in [2.75, 3.05) is 6.61 Å². The predicted molar refractivity (Wildman–Crippen MR) is 130 cm³/mol. The average molecular weight is 473 g/mol. The third-order valence-corrected chi connectivity index (χ3v) is 7.06. The lowest BCUT2D eigenvalue weighted by Gasteiger charge is -2.33. The molecule has 4 atom stereocenters. The topological polar surface area (TPSA) is 105 Å². The van der Waals surface area contributed by atoms with E-state index >= 15 is 0 Å². The zero-order valence-electron chi connectivity index (χ0n) is 20.9. The van der Waals surface area contributed by atoms with E-state index < -0.39 is 35.6 Å². The van der Waals surface area contributed by atoms with Gasteiger partial charge in [0.25, 0.3) is 0 Å². The fraction of sp³-hybridized carbons (Fsp3) is 0.667. The quantitative estimate of drug-likeness (QED) is 0.478. The van der Waals surface area contributed by atoms with Crippen LogP contribution in [-0.2, 0) is 14.3 Å². The van der Waals surface area contributed by atoms with Gasteiger partial charge in [-0.25, -0.2) is 4.79 Å². The SMILES string of the molecule is CC(C)C[C@H](NC(=O)OCC1CCCCC1)C(=O)NC(C)(C)C(O)C1C(=O)C1c1ccccc1. The lowest BCUT2D eigenvalue weighted by atomic mass is 9.90. The molecule has 1 aromatic rings. The molecule has 0 heterocycles. The van der Waals surface area contributed by atoms with Crippen LogP contribution in [0.4, 0.5) is 4.79 Å². The Kier molecular flexibility index (Phi) is 8.74. The van der Waals surface area contributed by atoms with E-state index in [0.717, 1.165) is 18.4 Å². The van der Waals surface area contributed by atoms with Crippen LogP contribution in [0.5, 0.6) is 0 Å². The van der Waals surface area contributed by atoms with E-state index in [4.69, 9.17) is 4.74 Å². The Morgan fingerprint density at radius 2 is 1.76 bits per heavy atom. The van der Waals surface area contributed by atoms with Crippen molar-refractivity contribution in [1.82, 2.24) is 10.6 Å². The number of alkyl carbamates (subject to hydrolysis) is 1. The van der Waals surface area contributed by atoms with Crippen molar-refractivity contribution >= 4 is 17.8 Å². The van der Waals surface area contributed by atoms with Gasteiger partial charge in [-0.05, 0) is 50.5 Å². The van der Waals surface area contributed by atoms with Crippen LogP contribution in [0, 0.1) is 17.8 Å². The highest BCUT2D eigenvalue weighted by atomic mass is 16.5. The lowest BCUT2D eigenvalue weighted by Crippen LogP contribution is -2.58. The van der Waals surface area contributed by atoms with Gasteiger partial charge in [-0.15, -0.1) is 0 Å². The number of ketones is 1. The summed E-state index contributed by atoms with van der Waals surface area (Å²) in [5.74, 6) is -0.781. The van der Waals surface area contributed by atoms with Gasteiger partial charge in [-0.3, -0.25) is 9.59 Å². The molecule has 3 rings (SSSR count). The molecular weight excluding hydrogens is 432 g/mol. The molecule has 3 N–H and O–H groups in total. The molecule has 0 aromatic heterocycles. The van der Waals surface area contributed by atoms with E-state index in [1.165, 1.54) is 19.3 Å². The second-order valence-corrected chi connectivity index (χ2v) is 10.9. The Labute approximate surface area is 203 Å². The number of carbonyl (C=O) groups excluding carboxylic acids is 3. The molecule has 7 nitrogen and oxygen atoms in total. The van der Waals surface area contributed by atoms with Gasteiger partial charge in [0, 0.05) is 0 Å². The molecule has 1 aromatic carbocycles. The van der Waals surface area contributed by atoms with Gasteiger partial charge in [0.15, 0.2) is 0 Å². The number of benzene rings is 1. The molecule has 3 unspecified atom stereocenters. The summed E-state index contributed by atoms with van der Waals surface area (Å²) in [4.78, 5) is 38.0. The minimum absolute atomic E-state index is 0.0239. The zero-order valence-corrected chi connectivity index (χ0v) is 20.9. The number of aliphatic hydroxyl groups is 1. The molecule has 2 aliphatic rings. The summed E-state index contributed by atoms with van der Waals surface area (Å²) in [6, 6.07) is 8.59. The molecule has 0 radical (unpaired) electrons. The second-order valence-electron chi connectivity index (χ2n) is 10.9. The van der Waals surface area contributed by atoms with Crippen molar-refractivity contribution in [3.05, 3.63) is 35.9 Å². The minimum Gasteiger partial charge on any atom is -0.449 e. The first kappa shape index (κ1) is 26.2. The van der Waals surface area contributed by atoms with E-state index in [-0.39, 0.29) is 17.6 Å². The summed E-state index contributed by atoms with van der Waals surface area (Å²) in [6.45, 7) is 7.73. The molecule has 2 aliphatic carbocycles. The Bertz CT molecular complexity index is 848. The maximum Gasteiger partial charge on any atom is 0.407 e. The van der Waals surface area contributed by atoms with Gasteiger partial charge in [0.05, 0.1) is 30.1 Å². The maximum atomic E-state index is 13.1. The molecule has 188 valence electrons. The molecule has 34 heavy (non-hydrogen) atoms. The summed E-state index contributed by atoms with van der Waals surface area (Å²) >= 11 is 0. The fourth-order valence-corrected chi connectivity index (χ4v) is 4.99. The Morgan fingerprint density at radius 1 is 1.12 bits per heavy atom. The lowest BCUT2D eigenvalue weighted by molar-refractivity contribution is -0.127. The van der Waals surface area contributed by atoms with Crippen LogP contribution in [0.25, 0.3) is 0 Å². The monoisotopic (exact) mass is 472 g/mol. The highest BCUT2D eigenvalue weighted by molar-refractivity contribution is 6.05. The van der Waals surface area contributed by atoms with Crippen LogP contribution in [0.3, 0.4) is 0 Å². The second kappa shape index (κ2) is 11.3.